The average molecular weight is 219 g/mol. The number of aliphatic hydroxyl groups is 1. The topological polar surface area (TPSA) is 74.9 Å². The van der Waals surface area contributed by atoms with E-state index >= 15 is 0 Å². The summed E-state index contributed by atoms with van der Waals surface area (Å²) >= 11 is 0. The largest absolute Gasteiger partial charge is 0.396 e. The third kappa shape index (κ3) is 2.08. The molecule has 2 rings (SSSR count). The number of nitrogens with two attached hydrogens (primary N) is 1. The molecule has 1 atom stereocenters. The monoisotopic (exact) mass is 219 g/mol. The van der Waals surface area contributed by atoms with E-state index in [4.69, 9.17) is 10.8 Å². The van der Waals surface area contributed by atoms with Crippen molar-refractivity contribution in [1.82, 2.24) is 9.97 Å². The number of fused-ring (bicyclic) bond motifs is 1. The van der Waals surface area contributed by atoms with E-state index in [1.807, 2.05) is 25.1 Å². The number of benzene rings is 1. The van der Waals surface area contributed by atoms with Crippen LogP contribution in [0.2, 0.25) is 0 Å². The zero-order chi connectivity index (χ0) is 11.6. The maximum atomic E-state index is 8.84. The number of hydrogen-bond donors (Lipinski definition) is 3. The van der Waals surface area contributed by atoms with Gasteiger partial charge in [0.05, 0.1) is 17.4 Å². The molecule has 4 N–H and O–H groups in total. The molecule has 1 aromatic carbocycles. The van der Waals surface area contributed by atoms with Gasteiger partial charge in [-0.3, -0.25) is 0 Å². The van der Waals surface area contributed by atoms with Crippen molar-refractivity contribution in [3.05, 3.63) is 30.1 Å². The summed E-state index contributed by atoms with van der Waals surface area (Å²) in [6, 6.07) is 5.99. The van der Waals surface area contributed by atoms with E-state index in [1.165, 1.54) is 0 Å². The standard InChI is InChI=1S/C12H17N3O/c1-12(13,5-2-6-16)9-3-4-10-11(7-9)15-8-14-10/h3-4,7-8,16H,2,5-6,13H2,1H3,(H,14,15). The molecular weight excluding hydrogens is 202 g/mol. The first-order valence-corrected chi connectivity index (χ1v) is 5.47. The zero-order valence-corrected chi connectivity index (χ0v) is 9.40. The van der Waals surface area contributed by atoms with Gasteiger partial charge in [-0.05, 0) is 37.5 Å². The first-order chi connectivity index (χ1) is 7.63. The summed E-state index contributed by atoms with van der Waals surface area (Å²) in [5.41, 5.74) is 8.85. The van der Waals surface area contributed by atoms with E-state index in [2.05, 4.69) is 9.97 Å². The fourth-order valence-corrected chi connectivity index (χ4v) is 1.88. The molecule has 1 heterocycles. The molecular formula is C12H17N3O. The van der Waals surface area contributed by atoms with E-state index < -0.39 is 5.54 Å². The van der Waals surface area contributed by atoms with Crippen LogP contribution in [0.15, 0.2) is 24.5 Å². The van der Waals surface area contributed by atoms with Crippen molar-refractivity contribution in [2.75, 3.05) is 6.61 Å². The fraction of sp³-hybridized carbons (Fsp3) is 0.417. The molecule has 0 aliphatic rings. The third-order valence-electron chi connectivity index (χ3n) is 2.93. The lowest BCUT2D eigenvalue weighted by molar-refractivity contribution is 0.266. The van der Waals surface area contributed by atoms with Gasteiger partial charge in [0.25, 0.3) is 0 Å². The van der Waals surface area contributed by atoms with Gasteiger partial charge in [0, 0.05) is 12.1 Å². The first-order valence-electron chi connectivity index (χ1n) is 5.47. The highest BCUT2D eigenvalue weighted by Gasteiger charge is 2.20. The summed E-state index contributed by atoms with van der Waals surface area (Å²) in [7, 11) is 0. The molecule has 0 saturated heterocycles. The minimum absolute atomic E-state index is 0.180. The highest BCUT2D eigenvalue weighted by Crippen LogP contribution is 2.25. The van der Waals surface area contributed by atoms with Crippen LogP contribution in [0.25, 0.3) is 11.0 Å². The first kappa shape index (κ1) is 11.1. The van der Waals surface area contributed by atoms with Crippen molar-refractivity contribution in [2.24, 2.45) is 5.73 Å². The van der Waals surface area contributed by atoms with Gasteiger partial charge in [0.1, 0.15) is 0 Å². The van der Waals surface area contributed by atoms with Gasteiger partial charge in [-0.15, -0.1) is 0 Å². The molecule has 1 unspecified atom stereocenters. The van der Waals surface area contributed by atoms with Gasteiger partial charge in [-0.25, -0.2) is 4.98 Å². The van der Waals surface area contributed by atoms with Gasteiger partial charge in [0.15, 0.2) is 0 Å². The minimum atomic E-state index is -0.401. The number of aromatic nitrogens is 2. The SMILES string of the molecule is CC(N)(CCCO)c1ccc2nc[nH]c2c1. The lowest BCUT2D eigenvalue weighted by atomic mass is 9.88. The van der Waals surface area contributed by atoms with Gasteiger partial charge >= 0.3 is 0 Å². The predicted molar refractivity (Wildman–Crippen MR) is 64.0 cm³/mol. The van der Waals surface area contributed by atoms with Crippen molar-refractivity contribution in [3.63, 3.8) is 0 Å². The summed E-state index contributed by atoms with van der Waals surface area (Å²) in [5, 5.41) is 8.84. The van der Waals surface area contributed by atoms with Crippen LogP contribution in [0.3, 0.4) is 0 Å². The molecule has 0 fully saturated rings. The minimum Gasteiger partial charge on any atom is -0.396 e. The van der Waals surface area contributed by atoms with Crippen molar-refractivity contribution in [3.8, 4) is 0 Å². The Bertz CT molecular complexity index is 476. The van der Waals surface area contributed by atoms with E-state index in [9.17, 15) is 0 Å². The van der Waals surface area contributed by atoms with Crippen molar-refractivity contribution in [2.45, 2.75) is 25.3 Å². The Morgan fingerprint density at radius 2 is 2.31 bits per heavy atom. The van der Waals surface area contributed by atoms with E-state index in [0.717, 1.165) is 23.0 Å². The number of imidazole rings is 1. The fourth-order valence-electron chi connectivity index (χ4n) is 1.88. The molecule has 0 radical (unpaired) electrons. The van der Waals surface area contributed by atoms with Gasteiger partial charge < -0.3 is 15.8 Å². The molecule has 86 valence electrons. The summed E-state index contributed by atoms with van der Waals surface area (Å²) in [5.74, 6) is 0. The van der Waals surface area contributed by atoms with Crippen molar-refractivity contribution < 1.29 is 5.11 Å². The summed E-state index contributed by atoms with van der Waals surface area (Å²) in [6.45, 7) is 2.17. The Balaban J connectivity index is 2.30. The Morgan fingerprint density at radius 1 is 1.50 bits per heavy atom. The summed E-state index contributed by atoms with van der Waals surface area (Å²) in [6.07, 6.45) is 3.16. The Kier molecular flexibility index (Phi) is 2.94. The van der Waals surface area contributed by atoms with Gasteiger partial charge in [-0.1, -0.05) is 6.07 Å². The molecule has 4 heteroatoms. The zero-order valence-electron chi connectivity index (χ0n) is 9.40. The van der Waals surface area contributed by atoms with Gasteiger partial charge in [-0.2, -0.15) is 0 Å². The molecule has 4 nitrogen and oxygen atoms in total. The highest BCUT2D eigenvalue weighted by molar-refractivity contribution is 5.75. The second-order valence-corrected chi connectivity index (χ2v) is 4.38. The van der Waals surface area contributed by atoms with E-state index in [0.29, 0.717) is 6.42 Å². The Morgan fingerprint density at radius 3 is 3.06 bits per heavy atom. The number of nitrogens with zero attached hydrogens (tertiary/aromatic N) is 1. The lowest BCUT2D eigenvalue weighted by Crippen LogP contribution is -2.33. The predicted octanol–water partition coefficient (Wildman–Crippen LogP) is 1.51. The maximum absolute atomic E-state index is 8.84. The molecule has 0 spiro atoms. The second-order valence-electron chi connectivity index (χ2n) is 4.38. The Hall–Kier alpha value is -1.39. The smallest absolute Gasteiger partial charge is 0.0931 e. The number of hydrogen-bond acceptors (Lipinski definition) is 3. The molecule has 0 amide bonds. The molecule has 1 aromatic heterocycles. The Labute approximate surface area is 94.5 Å². The van der Waals surface area contributed by atoms with Crippen LogP contribution in [0.4, 0.5) is 0 Å². The van der Waals surface area contributed by atoms with Crippen LogP contribution in [-0.4, -0.2) is 21.7 Å². The number of rotatable bonds is 4. The van der Waals surface area contributed by atoms with Crippen molar-refractivity contribution in [1.29, 1.82) is 0 Å². The normalized spacial score (nSPS) is 15.2. The van der Waals surface area contributed by atoms with Crippen LogP contribution >= 0.6 is 0 Å². The quantitative estimate of drug-likeness (QED) is 0.729. The molecule has 16 heavy (non-hydrogen) atoms. The van der Waals surface area contributed by atoms with Crippen LogP contribution in [-0.2, 0) is 5.54 Å². The van der Waals surface area contributed by atoms with E-state index in [-0.39, 0.29) is 6.61 Å². The molecule has 0 saturated carbocycles. The second kappa shape index (κ2) is 4.23. The van der Waals surface area contributed by atoms with Crippen molar-refractivity contribution >= 4 is 11.0 Å². The van der Waals surface area contributed by atoms with Crippen LogP contribution in [0.1, 0.15) is 25.3 Å². The lowest BCUT2D eigenvalue weighted by Gasteiger charge is -2.24. The number of aliphatic hydroxyl groups excluding tert-OH is 1. The highest BCUT2D eigenvalue weighted by atomic mass is 16.2. The molecule has 0 aliphatic heterocycles. The van der Waals surface area contributed by atoms with Crippen LogP contribution in [0.5, 0.6) is 0 Å². The summed E-state index contributed by atoms with van der Waals surface area (Å²) in [4.78, 5) is 7.24. The maximum Gasteiger partial charge on any atom is 0.0931 e. The van der Waals surface area contributed by atoms with E-state index in [1.54, 1.807) is 6.33 Å². The number of H-pyrrole nitrogens is 1. The number of nitrogens with one attached hydrogen (secondary N) is 1. The van der Waals surface area contributed by atoms with Gasteiger partial charge in [0.2, 0.25) is 0 Å². The molecule has 0 bridgehead atoms. The van der Waals surface area contributed by atoms with Crippen LogP contribution < -0.4 is 5.73 Å². The average Bonchev–Trinajstić information content (AvgIpc) is 2.73. The number of aromatic amines is 1. The van der Waals surface area contributed by atoms with Crippen LogP contribution in [0, 0.1) is 0 Å². The third-order valence-corrected chi connectivity index (χ3v) is 2.93. The molecule has 2 aromatic rings. The summed E-state index contributed by atoms with van der Waals surface area (Å²) < 4.78 is 0. The molecule has 0 aliphatic carbocycles.